The van der Waals surface area contributed by atoms with Crippen LogP contribution in [-0.2, 0) is 6.54 Å². The van der Waals surface area contributed by atoms with Crippen molar-refractivity contribution in [1.82, 2.24) is 24.7 Å². The van der Waals surface area contributed by atoms with Crippen LogP contribution in [0.25, 0.3) is 0 Å². The molecule has 0 aliphatic carbocycles. The van der Waals surface area contributed by atoms with Crippen molar-refractivity contribution < 1.29 is 4.74 Å². The smallest absolute Gasteiger partial charge is 0.323 e. The van der Waals surface area contributed by atoms with Crippen molar-refractivity contribution in [3.8, 4) is 6.01 Å². The highest BCUT2D eigenvalue weighted by atomic mass is 16.5. The molecule has 0 atom stereocenters. The quantitative estimate of drug-likeness (QED) is 0.751. The number of anilines is 2. The van der Waals surface area contributed by atoms with Crippen molar-refractivity contribution in [3.63, 3.8) is 0 Å². The summed E-state index contributed by atoms with van der Waals surface area (Å²) in [6.07, 6.45) is 3.61. The topological polar surface area (TPSA) is 104 Å². The number of aromatic nitrogens is 5. The van der Waals surface area contributed by atoms with Crippen LogP contribution in [0.5, 0.6) is 6.01 Å². The lowest BCUT2D eigenvalue weighted by Crippen LogP contribution is -2.14. The summed E-state index contributed by atoms with van der Waals surface area (Å²) < 4.78 is 6.99. The van der Waals surface area contributed by atoms with E-state index >= 15 is 0 Å². The van der Waals surface area contributed by atoms with E-state index < -0.39 is 0 Å². The minimum atomic E-state index is 0.134. The average molecular weight is 249 g/mol. The molecule has 0 radical (unpaired) electrons. The lowest BCUT2D eigenvalue weighted by Gasteiger charge is -2.07. The first-order chi connectivity index (χ1) is 8.78. The summed E-state index contributed by atoms with van der Waals surface area (Å²) in [5.74, 6) is 0.535. The van der Waals surface area contributed by atoms with Crippen molar-refractivity contribution in [2.75, 3.05) is 24.2 Å². The van der Waals surface area contributed by atoms with Gasteiger partial charge >= 0.3 is 6.01 Å². The number of nitrogens with one attached hydrogen (secondary N) is 1. The highest BCUT2D eigenvalue weighted by Gasteiger charge is 2.04. The van der Waals surface area contributed by atoms with Crippen molar-refractivity contribution >= 4 is 11.9 Å². The number of ether oxygens (including phenoxy) is 1. The zero-order chi connectivity index (χ0) is 12.8. The van der Waals surface area contributed by atoms with Crippen LogP contribution in [-0.4, -0.2) is 37.9 Å². The third-order valence-corrected chi connectivity index (χ3v) is 2.09. The molecule has 0 saturated carbocycles. The van der Waals surface area contributed by atoms with Gasteiger partial charge in [0.1, 0.15) is 0 Å². The molecule has 96 valence electrons. The van der Waals surface area contributed by atoms with Gasteiger partial charge in [-0.1, -0.05) is 0 Å². The molecule has 0 aliphatic heterocycles. The van der Waals surface area contributed by atoms with Crippen molar-refractivity contribution in [3.05, 3.63) is 18.5 Å². The molecule has 2 rings (SSSR count). The van der Waals surface area contributed by atoms with E-state index in [2.05, 4.69) is 25.4 Å². The van der Waals surface area contributed by atoms with Gasteiger partial charge in [0.05, 0.1) is 13.2 Å². The van der Waals surface area contributed by atoms with Crippen LogP contribution in [0.2, 0.25) is 0 Å². The molecule has 0 bridgehead atoms. The number of hydrogen-bond donors (Lipinski definition) is 2. The fraction of sp³-hybridized carbons (Fsp3) is 0.400. The Kier molecular flexibility index (Phi) is 3.90. The van der Waals surface area contributed by atoms with E-state index in [4.69, 9.17) is 10.5 Å². The molecule has 0 unspecified atom stereocenters. The Labute approximate surface area is 104 Å². The number of nitrogen functional groups attached to an aromatic ring is 1. The third-order valence-electron chi connectivity index (χ3n) is 2.09. The molecule has 2 aromatic heterocycles. The van der Waals surface area contributed by atoms with Crippen molar-refractivity contribution in [2.45, 2.75) is 13.5 Å². The summed E-state index contributed by atoms with van der Waals surface area (Å²) in [4.78, 5) is 11.9. The van der Waals surface area contributed by atoms with Crippen molar-refractivity contribution in [2.24, 2.45) is 0 Å². The Morgan fingerprint density at radius 1 is 1.39 bits per heavy atom. The summed E-state index contributed by atoms with van der Waals surface area (Å²) >= 11 is 0. The van der Waals surface area contributed by atoms with Gasteiger partial charge in [-0.2, -0.15) is 20.1 Å². The number of hydrogen-bond acceptors (Lipinski definition) is 7. The Bertz CT molecular complexity index is 485. The van der Waals surface area contributed by atoms with Gasteiger partial charge in [0.2, 0.25) is 11.9 Å². The maximum atomic E-state index is 5.56. The first kappa shape index (κ1) is 12.1. The predicted molar refractivity (Wildman–Crippen MR) is 66.1 cm³/mol. The minimum Gasteiger partial charge on any atom is -0.464 e. The van der Waals surface area contributed by atoms with Crippen LogP contribution in [0, 0.1) is 0 Å². The molecular weight excluding hydrogens is 234 g/mol. The number of rotatable bonds is 6. The average Bonchev–Trinajstić information content (AvgIpc) is 2.82. The van der Waals surface area contributed by atoms with E-state index in [0.717, 1.165) is 0 Å². The zero-order valence-electron chi connectivity index (χ0n) is 10.1. The van der Waals surface area contributed by atoms with E-state index in [0.29, 0.717) is 25.6 Å². The van der Waals surface area contributed by atoms with Gasteiger partial charge in [-0.25, -0.2) is 0 Å². The van der Waals surface area contributed by atoms with E-state index in [-0.39, 0.29) is 12.0 Å². The van der Waals surface area contributed by atoms with Gasteiger partial charge in [-0.15, -0.1) is 0 Å². The summed E-state index contributed by atoms with van der Waals surface area (Å²) in [6.45, 7) is 3.68. The SMILES string of the molecule is CCOc1nc(N)nc(NCCn2cccn2)n1. The molecule has 0 saturated heterocycles. The molecule has 18 heavy (non-hydrogen) atoms. The number of nitrogens with two attached hydrogens (primary N) is 1. The number of nitrogens with zero attached hydrogens (tertiary/aromatic N) is 5. The van der Waals surface area contributed by atoms with Gasteiger partial charge in [-0.3, -0.25) is 4.68 Å². The molecule has 2 aromatic rings. The van der Waals surface area contributed by atoms with Crippen LogP contribution in [0.4, 0.5) is 11.9 Å². The maximum Gasteiger partial charge on any atom is 0.323 e. The summed E-state index contributed by atoms with van der Waals surface area (Å²) in [6, 6.07) is 2.10. The maximum absolute atomic E-state index is 5.56. The summed E-state index contributed by atoms with van der Waals surface area (Å²) in [5.41, 5.74) is 5.56. The van der Waals surface area contributed by atoms with Gasteiger partial charge < -0.3 is 15.8 Å². The minimum absolute atomic E-state index is 0.134. The van der Waals surface area contributed by atoms with Crippen LogP contribution in [0.15, 0.2) is 18.5 Å². The largest absolute Gasteiger partial charge is 0.464 e. The predicted octanol–water partition coefficient (Wildman–Crippen LogP) is 0.161. The van der Waals surface area contributed by atoms with Gasteiger partial charge in [0, 0.05) is 18.9 Å². The summed E-state index contributed by atoms with van der Waals surface area (Å²) in [5, 5.41) is 7.13. The second-order valence-electron chi connectivity index (χ2n) is 3.43. The Morgan fingerprint density at radius 3 is 3.00 bits per heavy atom. The first-order valence-electron chi connectivity index (χ1n) is 5.63. The lowest BCUT2D eigenvalue weighted by molar-refractivity contribution is 0.312. The Balaban J connectivity index is 1.92. The molecule has 8 nitrogen and oxygen atoms in total. The van der Waals surface area contributed by atoms with E-state index in [9.17, 15) is 0 Å². The van der Waals surface area contributed by atoms with Crippen LogP contribution < -0.4 is 15.8 Å². The van der Waals surface area contributed by atoms with E-state index in [1.807, 2.05) is 19.2 Å². The molecule has 0 aromatic carbocycles. The second kappa shape index (κ2) is 5.80. The van der Waals surface area contributed by atoms with Crippen molar-refractivity contribution in [1.29, 1.82) is 0 Å². The standard InChI is InChI=1S/C10H15N7O/c1-2-18-10-15-8(11)14-9(16-10)12-5-7-17-6-3-4-13-17/h3-4,6H,2,5,7H2,1H3,(H3,11,12,14,15,16). The molecule has 0 amide bonds. The molecule has 8 heteroatoms. The molecule has 0 aliphatic rings. The highest BCUT2D eigenvalue weighted by molar-refractivity contribution is 5.32. The Hall–Kier alpha value is -2.38. The monoisotopic (exact) mass is 249 g/mol. The van der Waals surface area contributed by atoms with Gasteiger partial charge in [-0.05, 0) is 13.0 Å². The van der Waals surface area contributed by atoms with Crippen LogP contribution >= 0.6 is 0 Å². The highest BCUT2D eigenvalue weighted by Crippen LogP contribution is 2.08. The molecule has 0 fully saturated rings. The van der Waals surface area contributed by atoms with Crippen LogP contribution in [0.3, 0.4) is 0 Å². The molecular formula is C10H15N7O. The molecule has 2 heterocycles. The Morgan fingerprint density at radius 2 is 2.28 bits per heavy atom. The third kappa shape index (κ3) is 3.30. The zero-order valence-corrected chi connectivity index (χ0v) is 10.1. The van der Waals surface area contributed by atoms with Gasteiger partial charge in [0.15, 0.2) is 0 Å². The van der Waals surface area contributed by atoms with E-state index in [1.54, 1.807) is 10.9 Å². The lowest BCUT2D eigenvalue weighted by atomic mass is 10.6. The second-order valence-corrected chi connectivity index (χ2v) is 3.43. The summed E-state index contributed by atoms with van der Waals surface area (Å²) in [7, 11) is 0. The van der Waals surface area contributed by atoms with E-state index in [1.165, 1.54) is 0 Å². The molecule has 3 N–H and O–H groups in total. The molecule has 0 spiro atoms. The fourth-order valence-electron chi connectivity index (χ4n) is 1.36. The fourth-order valence-corrected chi connectivity index (χ4v) is 1.36. The van der Waals surface area contributed by atoms with Gasteiger partial charge in [0.25, 0.3) is 0 Å². The normalized spacial score (nSPS) is 10.3. The first-order valence-corrected chi connectivity index (χ1v) is 5.63. The van der Waals surface area contributed by atoms with Crippen LogP contribution in [0.1, 0.15) is 6.92 Å².